The van der Waals surface area contributed by atoms with Gasteiger partial charge in [0.2, 0.25) is 0 Å². The van der Waals surface area contributed by atoms with Crippen molar-refractivity contribution in [1.82, 2.24) is 10.2 Å². The van der Waals surface area contributed by atoms with Crippen molar-refractivity contribution in [2.45, 2.75) is 96.1 Å². The zero-order valence-electron chi connectivity index (χ0n) is 14.5. The minimum Gasteiger partial charge on any atom is -0.312 e. The first-order valence-corrected chi connectivity index (χ1v) is 9.08. The van der Waals surface area contributed by atoms with Gasteiger partial charge in [-0.2, -0.15) is 0 Å². The SMILES string of the molecule is CCCCCCCC(NCC)C1(N(C)C)CCCCC1. The lowest BCUT2D eigenvalue weighted by molar-refractivity contribution is 0.0530. The molecule has 2 nitrogen and oxygen atoms in total. The molecular weight excluding hydrogens is 244 g/mol. The topological polar surface area (TPSA) is 15.3 Å². The Labute approximate surface area is 127 Å². The highest BCUT2D eigenvalue weighted by atomic mass is 15.2. The van der Waals surface area contributed by atoms with Gasteiger partial charge >= 0.3 is 0 Å². The molecule has 1 N–H and O–H groups in total. The van der Waals surface area contributed by atoms with Crippen molar-refractivity contribution in [3.8, 4) is 0 Å². The molecule has 2 heteroatoms. The molecule has 0 aliphatic heterocycles. The van der Waals surface area contributed by atoms with Gasteiger partial charge in [-0.1, -0.05) is 65.2 Å². The lowest BCUT2D eigenvalue weighted by atomic mass is 9.73. The normalized spacial score (nSPS) is 20.2. The maximum atomic E-state index is 3.82. The van der Waals surface area contributed by atoms with E-state index in [1.54, 1.807) is 0 Å². The van der Waals surface area contributed by atoms with Crippen molar-refractivity contribution >= 4 is 0 Å². The summed E-state index contributed by atoms with van der Waals surface area (Å²) in [6.45, 7) is 5.66. The zero-order chi connectivity index (χ0) is 14.8. The minimum absolute atomic E-state index is 0.416. The third-order valence-corrected chi connectivity index (χ3v) is 5.31. The Morgan fingerprint density at radius 3 is 2.15 bits per heavy atom. The van der Waals surface area contributed by atoms with Gasteiger partial charge in [-0.15, -0.1) is 0 Å². The van der Waals surface area contributed by atoms with Crippen LogP contribution in [0.2, 0.25) is 0 Å². The number of hydrogen-bond acceptors (Lipinski definition) is 2. The molecule has 1 rings (SSSR count). The summed E-state index contributed by atoms with van der Waals surface area (Å²) in [5.74, 6) is 0. The van der Waals surface area contributed by atoms with E-state index in [2.05, 4.69) is 38.2 Å². The Morgan fingerprint density at radius 2 is 1.60 bits per heavy atom. The lowest BCUT2D eigenvalue weighted by Gasteiger charge is -2.49. The molecule has 20 heavy (non-hydrogen) atoms. The lowest BCUT2D eigenvalue weighted by Crippen LogP contribution is -2.60. The van der Waals surface area contributed by atoms with E-state index in [1.807, 2.05) is 0 Å². The molecule has 1 atom stereocenters. The third-order valence-electron chi connectivity index (χ3n) is 5.31. The molecule has 0 saturated heterocycles. The first-order valence-electron chi connectivity index (χ1n) is 9.08. The van der Waals surface area contributed by atoms with Crippen molar-refractivity contribution in [2.24, 2.45) is 0 Å². The molecule has 0 aromatic rings. The molecule has 0 heterocycles. The Balaban J connectivity index is 2.56. The van der Waals surface area contributed by atoms with E-state index < -0.39 is 0 Å². The molecule has 0 spiro atoms. The molecule has 0 amide bonds. The van der Waals surface area contributed by atoms with Gasteiger partial charge in [-0.3, -0.25) is 0 Å². The number of nitrogens with zero attached hydrogens (tertiary/aromatic N) is 1. The Morgan fingerprint density at radius 1 is 0.950 bits per heavy atom. The molecule has 1 fully saturated rings. The molecule has 0 aromatic carbocycles. The zero-order valence-corrected chi connectivity index (χ0v) is 14.5. The second-order valence-corrected chi connectivity index (χ2v) is 6.87. The van der Waals surface area contributed by atoms with Crippen LogP contribution in [0.1, 0.15) is 84.5 Å². The minimum atomic E-state index is 0.416. The molecule has 0 radical (unpaired) electrons. The van der Waals surface area contributed by atoms with Gasteiger partial charge in [0.05, 0.1) is 0 Å². The van der Waals surface area contributed by atoms with Crippen molar-refractivity contribution in [1.29, 1.82) is 0 Å². The van der Waals surface area contributed by atoms with E-state index in [0.717, 1.165) is 6.54 Å². The van der Waals surface area contributed by atoms with Crippen LogP contribution in [0.3, 0.4) is 0 Å². The molecule has 0 bridgehead atoms. The molecule has 1 unspecified atom stereocenters. The molecule has 1 aliphatic rings. The van der Waals surface area contributed by atoms with Crippen molar-refractivity contribution < 1.29 is 0 Å². The molecule has 0 aromatic heterocycles. The molecular formula is C18H38N2. The van der Waals surface area contributed by atoms with Crippen molar-refractivity contribution in [2.75, 3.05) is 20.6 Å². The van der Waals surface area contributed by atoms with Crippen molar-refractivity contribution in [3.63, 3.8) is 0 Å². The predicted octanol–water partition coefficient (Wildman–Crippen LogP) is 4.59. The number of unbranched alkanes of at least 4 members (excludes halogenated alkanes) is 4. The quantitative estimate of drug-likeness (QED) is 0.590. The van der Waals surface area contributed by atoms with E-state index in [0.29, 0.717) is 11.6 Å². The summed E-state index contributed by atoms with van der Waals surface area (Å²) < 4.78 is 0. The van der Waals surface area contributed by atoms with E-state index in [9.17, 15) is 0 Å². The van der Waals surface area contributed by atoms with Crippen LogP contribution in [0.15, 0.2) is 0 Å². The first-order chi connectivity index (χ1) is 9.67. The van der Waals surface area contributed by atoms with Crippen LogP contribution in [-0.2, 0) is 0 Å². The van der Waals surface area contributed by atoms with Crippen LogP contribution >= 0.6 is 0 Å². The number of rotatable bonds is 10. The average Bonchev–Trinajstić information content (AvgIpc) is 2.46. The third kappa shape index (κ3) is 5.04. The van der Waals surface area contributed by atoms with Crippen LogP contribution < -0.4 is 5.32 Å². The summed E-state index contributed by atoms with van der Waals surface area (Å²) in [4.78, 5) is 2.53. The van der Waals surface area contributed by atoms with Crippen LogP contribution in [0.25, 0.3) is 0 Å². The monoisotopic (exact) mass is 282 g/mol. The number of nitrogens with one attached hydrogen (secondary N) is 1. The molecule has 120 valence electrons. The van der Waals surface area contributed by atoms with Gasteiger partial charge in [0, 0.05) is 11.6 Å². The van der Waals surface area contributed by atoms with Crippen LogP contribution in [0.5, 0.6) is 0 Å². The summed E-state index contributed by atoms with van der Waals surface area (Å²) >= 11 is 0. The van der Waals surface area contributed by atoms with Gasteiger partial charge in [0.25, 0.3) is 0 Å². The summed E-state index contributed by atoms with van der Waals surface area (Å²) in [5.41, 5.74) is 0.416. The highest BCUT2D eigenvalue weighted by Crippen LogP contribution is 2.36. The van der Waals surface area contributed by atoms with E-state index in [4.69, 9.17) is 0 Å². The van der Waals surface area contributed by atoms with Crippen LogP contribution in [0.4, 0.5) is 0 Å². The smallest absolute Gasteiger partial charge is 0.0356 e. The second-order valence-electron chi connectivity index (χ2n) is 6.87. The maximum absolute atomic E-state index is 3.82. The Kier molecular flexibility index (Phi) is 8.79. The van der Waals surface area contributed by atoms with E-state index in [-0.39, 0.29) is 0 Å². The first kappa shape index (κ1) is 18.0. The highest BCUT2D eigenvalue weighted by Gasteiger charge is 2.40. The Hall–Kier alpha value is -0.0800. The van der Waals surface area contributed by atoms with Crippen LogP contribution in [-0.4, -0.2) is 37.1 Å². The number of likely N-dealkylation sites (N-methyl/N-ethyl adjacent to an activating group) is 2. The standard InChI is InChI=1S/C18H38N2/c1-5-7-8-9-11-14-17(19-6-2)18(20(3)4)15-12-10-13-16-18/h17,19H,5-16H2,1-4H3. The summed E-state index contributed by atoms with van der Waals surface area (Å²) in [6, 6.07) is 0.685. The molecule has 1 aliphatic carbocycles. The maximum Gasteiger partial charge on any atom is 0.0356 e. The average molecular weight is 283 g/mol. The van der Waals surface area contributed by atoms with E-state index in [1.165, 1.54) is 70.6 Å². The van der Waals surface area contributed by atoms with Gasteiger partial charge in [0.1, 0.15) is 0 Å². The fourth-order valence-electron chi connectivity index (χ4n) is 4.03. The summed E-state index contributed by atoms with van der Waals surface area (Å²) in [6.07, 6.45) is 15.4. The molecule has 1 saturated carbocycles. The fraction of sp³-hybridized carbons (Fsp3) is 1.00. The Bertz CT molecular complexity index is 232. The largest absolute Gasteiger partial charge is 0.312 e. The fourth-order valence-corrected chi connectivity index (χ4v) is 4.03. The van der Waals surface area contributed by atoms with Crippen LogP contribution in [0, 0.1) is 0 Å². The van der Waals surface area contributed by atoms with E-state index >= 15 is 0 Å². The van der Waals surface area contributed by atoms with Gasteiger partial charge in [-0.25, -0.2) is 0 Å². The second kappa shape index (κ2) is 9.78. The van der Waals surface area contributed by atoms with Gasteiger partial charge in [-0.05, 0) is 39.9 Å². The van der Waals surface area contributed by atoms with Gasteiger partial charge in [0.15, 0.2) is 0 Å². The predicted molar refractivity (Wildman–Crippen MR) is 90.3 cm³/mol. The number of hydrogen-bond donors (Lipinski definition) is 1. The van der Waals surface area contributed by atoms with Gasteiger partial charge < -0.3 is 10.2 Å². The highest BCUT2D eigenvalue weighted by molar-refractivity contribution is 5.00. The van der Waals surface area contributed by atoms with Crippen molar-refractivity contribution in [3.05, 3.63) is 0 Å². The summed E-state index contributed by atoms with van der Waals surface area (Å²) in [7, 11) is 4.60. The summed E-state index contributed by atoms with van der Waals surface area (Å²) in [5, 5.41) is 3.82.